The molecule has 0 fully saturated rings. The molecule has 1 aromatic carbocycles. The zero-order valence-electron chi connectivity index (χ0n) is 7.87. The fourth-order valence-corrected chi connectivity index (χ4v) is 1.59. The van der Waals surface area contributed by atoms with Crippen LogP contribution >= 0.6 is 11.6 Å². The van der Waals surface area contributed by atoms with Crippen LogP contribution in [0.5, 0.6) is 0 Å². The van der Waals surface area contributed by atoms with E-state index in [9.17, 15) is 0 Å². The van der Waals surface area contributed by atoms with Crippen molar-refractivity contribution < 1.29 is 0 Å². The van der Waals surface area contributed by atoms with E-state index in [1.807, 2.05) is 49.4 Å². The first kappa shape index (κ1) is 9.22. The Bertz CT molecular complexity index is 452. The Kier molecular flexibility index (Phi) is 2.51. The summed E-state index contributed by atoms with van der Waals surface area (Å²) >= 11 is 6.07. The molecule has 1 aromatic heterocycles. The number of aryl methyl sites for hydroxylation is 1. The first-order valence-electron chi connectivity index (χ1n) is 4.46. The zero-order valence-corrected chi connectivity index (χ0v) is 8.62. The molecule has 2 rings (SSSR count). The predicted octanol–water partition coefficient (Wildman–Crippen LogP) is 3.71. The minimum Gasteiger partial charge on any atom is -0.253 e. The molecular formula is C12H10ClN. The summed E-state index contributed by atoms with van der Waals surface area (Å²) in [4.78, 5) is 4.42. The maximum absolute atomic E-state index is 6.07. The third-order valence-corrected chi connectivity index (χ3v) is 2.37. The monoisotopic (exact) mass is 203 g/mol. The molecule has 0 aliphatic rings. The van der Waals surface area contributed by atoms with Gasteiger partial charge in [-0.25, -0.2) is 0 Å². The molecule has 0 unspecified atom stereocenters. The van der Waals surface area contributed by atoms with Gasteiger partial charge in [-0.1, -0.05) is 35.9 Å². The molecule has 14 heavy (non-hydrogen) atoms. The van der Waals surface area contributed by atoms with Crippen LogP contribution in [0.3, 0.4) is 0 Å². The lowest BCUT2D eigenvalue weighted by Gasteiger charge is -2.03. The maximum Gasteiger partial charge on any atom is 0.0720 e. The summed E-state index contributed by atoms with van der Waals surface area (Å²) in [5, 5.41) is 0.741. The Morgan fingerprint density at radius 1 is 1.00 bits per heavy atom. The molecular weight excluding hydrogens is 194 g/mol. The van der Waals surface area contributed by atoms with Gasteiger partial charge in [-0.2, -0.15) is 0 Å². The van der Waals surface area contributed by atoms with Gasteiger partial charge in [0.05, 0.1) is 5.69 Å². The van der Waals surface area contributed by atoms with Crippen LogP contribution in [0.2, 0.25) is 5.02 Å². The Morgan fingerprint density at radius 3 is 2.50 bits per heavy atom. The highest BCUT2D eigenvalue weighted by Crippen LogP contribution is 2.25. The molecule has 2 heteroatoms. The number of aromatic nitrogens is 1. The lowest BCUT2D eigenvalue weighted by atomic mass is 10.1. The Hall–Kier alpha value is -1.34. The summed E-state index contributed by atoms with van der Waals surface area (Å²) in [6.45, 7) is 1.97. The summed E-state index contributed by atoms with van der Waals surface area (Å²) in [6.07, 6.45) is 0. The van der Waals surface area contributed by atoms with E-state index in [0.717, 1.165) is 22.0 Å². The van der Waals surface area contributed by atoms with Gasteiger partial charge in [0.15, 0.2) is 0 Å². The van der Waals surface area contributed by atoms with Crippen molar-refractivity contribution >= 4 is 11.6 Å². The summed E-state index contributed by atoms with van der Waals surface area (Å²) in [5.41, 5.74) is 2.91. The van der Waals surface area contributed by atoms with Crippen molar-refractivity contribution in [2.45, 2.75) is 6.92 Å². The number of benzene rings is 1. The molecule has 1 nitrogen and oxygen atoms in total. The van der Waals surface area contributed by atoms with Gasteiger partial charge in [-0.15, -0.1) is 0 Å². The number of nitrogens with zero attached hydrogens (tertiary/aromatic N) is 1. The zero-order chi connectivity index (χ0) is 9.97. The van der Waals surface area contributed by atoms with Crippen molar-refractivity contribution in [1.29, 1.82) is 0 Å². The van der Waals surface area contributed by atoms with E-state index in [0.29, 0.717) is 0 Å². The molecule has 0 radical (unpaired) electrons. The SMILES string of the molecule is Cc1cccc(-c2ccccc2Cl)n1. The molecule has 0 saturated carbocycles. The summed E-state index contributed by atoms with van der Waals surface area (Å²) in [7, 11) is 0. The number of hydrogen-bond acceptors (Lipinski definition) is 1. The van der Waals surface area contributed by atoms with Crippen LogP contribution in [0.4, 0.5) is 0 Å². The second-order valence-electron chi connectivity index (χ2n) is 3.14. The average molecular weight is 204 g/mol. The van der Waals surface area contributed by atoms with Gasteiger partial charge in [0.1, 0.15) is 0 Å². The van der Waals surface area contributed by atoms with Crippen molar-refractivity contribution in [3.8, 4) is 11.3 Å². The van der Waals surface area contributed by atoms with Gasteiger partial charge in [-0.05, 0) is 25.1 Å². The van der Waals surface area contributed by atoms with Gasteiger partial charge < -0.3 is 0 Å². The molecule has 0 N–H and O–H groups in total. The first-order valence-corrected chi connectivity index (χ1v) is 4.84. The van der Waals surface area contributed by atoms with E-state index in [-0.39, 0.29) is 0 Å². The molecule has 1 heterocycles. The average Bonchev–Trinajstić information content (AvgIpc) is 2.18. The summed E-state index contributed by atoms with van der Waals surface area (Å²) < 4.78 is 0. The topological polar surface area (TPSA) is 12.9 Å². The summed E-state index contributed by atoms with van der Waals surface area (Å²) in [5.74, 6) is 0. The van der Waals surface area contributed by atoms with E-state index in [4.69, 9.17) is 11.6 Å². The Balaban J connectivity index is 2.55. The molecule has 2 aromatic rings. The molecule has 0 saturated heterocycles. The lowest BCUT2D eigenvalue weighted by Crippen LogP contribution is -1.86. The second kappa shape index (κ2) is 3.81. The van der Waals surface area contributed by atoms with Crippen molar-refractivity contribution in [1.82, 2.24) is 4.98 Å². The third-order valence-electron chi connectivity index (χ3n) is 2.04. The molecule has 0 bridgehead atoms. The van der Waals surface area contributed by atoms with E-state index < -0.39 is 0 Å². The van der Waals surface area contributed by atoms with Crippen molar-refractivity contribution in [2.75, 3.05) is 0 Å². The fraction of sp³-hybridized carbons (Fsp3) is 0.0833. The van der Waals surface area contributed by atoms with Crippen molar-refractivity contribution in [2.24, 2.45) is 0 Å². The quantitative estimate of drug-likeness (QED) is 0.689. The highest BCUT2D eigenvalue weighted by Gasteiger charge is 2.02. The van der Waals surface area contributed by atoms with Crippen LogP contribution < -0.4 is 0 Å². The van der Waals surface area contributed by atoms with E-state index in [1.54, 1.807) is 0 Å². The number of rotatable bonds is 1. The van der Waals surface area contributed by atoms with E-state index >= 15 is 0 Å². The standard InChI is InChI=1S/C12H10ClN/c1-9-5-4-8-12(14-9)10-6-2-3-7-11(10)13/h2-8H,1H3. The highest BCUT2D eigenvalue weighted by atomic mass is 35.5. The number of hydrogen-bond donors (Lipinski definition) is 0. The van der Waals surface area contributed by atoms with Gasteiger partial charge in [0.25, 0.3) is 0 Å². The van der Waals surface area contributed by atoms with Crippen LogP contribution in [0.1, 0.15) is 5.69 Å². The molecule has 0 spiro atoms. The maximum atomic E-state index is 6.07. The van der Waals surface area contributed by atoms with Crippen LogP contribution in [-0.4, -0.2) is 4.98 Å². The van der Waals surface area contributed by atoms with Crippen LogP contribution in [0, 0.1) is 6.92 Å². The third kappa shape index (κ3) is 1.78. The second-order valence-corrected chi connectivity index (χ2v) is 3.55. The van der Waals surface area contributed by atoms with Gasteiger partial charge in [-0.3, -0.25) is 4.98 Å². The van der Waals surface area contributed by atoms with Crippen molar-refractivity contribution in [3.05, 3.63) is 53.2 Å². The molecule has 0 amide bonds. The minimum atomic E-state index is 0.741. The predicted molar refractivity (Wildman–Crippen MR) is 59.4 cm³/mol. The minimum absolute atomic E-state index is 0.741. The number of halogens is 1. The normalized spacial score (nSPS) is 10.1. The first-order chi connectivity index (χ1) is 6.77. The lowest BCUT2D eigenvalue weighted by molar-refractivity contribution is 1.21. The Labute approximate surface area is 88.4 Å². The molecule has 0 aliphatic carbocycles. The largest absolute Gasteiger partial charge is 0.253 e. The molecule has 0 aliphatic heterocycles. The van der Waals surface area contributed by atoms with Crippen LogP contribution in [-0.2, 0) is 0 Å². The van der Waals surface area contributed by atoms with Crippen molar-refractivity contribution in [3.63, 3.8) is 0 Å². The molecule has 70 valence electrons. The van der Waals surface area contributed by atoms with Gasteiger partial charge >= 0.3 is 0 Å². The van der Waals surface area contributed by atoms with Gasteiger partial charge in [0, 0.05) is 16.3 Å². The molecule has 0 atom stereocenters. The fourth-order valence-electron chi connectivity index (χ4n) is 1.36. The highest BCUT2D eigenvalue weighted by molar-refractivity contribution is 6.33. The Morgan fingerprint density at radius 2 is 1.79 bits per heavy atom. The number of pyridine rings is 1. The smallest absolute Gasteiger partial charge is 0.0720 e. The van der Waals surface area contributed by atoms with Crippen LogP contribution in [0.15, 0.2) is 42.5 Å². The van der Waals surface area contributed by atoms with Gasteiger partial charge in [0.2, 0.25) is 0 Å². The summed E-state index contributed by atoms with van der Waals surface area (Å²) in [6, 6.07) is 13.7. The van der Waals surface area contributed by atoms with Crippen LogP contribution in [0.25, 0.3) is 11.3 Å². The van der Waals surface area contributed by atoms with E-state index in [2.05, 4.69) is 4.98 Å². The van der Waals surface area contributed by atoms with E-state index in [1.165, 1.54) is 0 Å².